The molecule has 202 valence electrons. The molecular formula is C32H29N9. The fourth-order valence-electron chi connectivity index (χ4n) is 4.95. The van der Waals surface area contributed by atoms with Crippen LogP contribution in [0.15, 0.2) is 116 Å². The van der Waals surface area contributed by atoms with Crippen LogP contribution in [0.3, 0.4) is 0 Å². The Kier molecular flexibility index (Phi) is 6.37. The van der Waals surface area contributed by atoms with Crippen molar-refractivity contribution >= 4 is 28.1 Å². The van der Waals surface area contributed by atoms with E-state index in [1.807, 2.05) is 71.6 Å². The standard InChI is InChI=1S/C24H21N7.C8H8N2/c1-2-11-25-23(6-1)31-17-27-28-24(31)19-4-3-5-21(14-19)29-12-9-20(10-13-29)30-15-22(26-16-30)18-7-8-18;9-8-5-6-3-1-2-4-7(6)10-8/h1-6,9-12,14-18H,7-8,13H2;1-5,10H,9H2. The number of pyridine rings is 1. The van der Waals surface area contributed by atoms with Crippen LogP contribution < -0.4 is 10.6 Å². The van der Waals surface area contributed by atoms with E-state index >= 15 is 0 Å². The summed E-state index contributed by atoms with van der Waals surface area (Å²) in [5, 5.41) is 9.61. The van der Waals surface area contributed by atoms with Crippen molar-refractivity contribution in [3.8, 4) is 17.2 Å². The Morgan fingerprint density at radius 3 is 2.61 bits per heavy atom. The maximum absolute atomic E-state index is 5.54. The van der Waals surface area contributed by atoms with Gasteiger partial charge in [-0.3, -0.25) is 4.57 Å². The lowest BCUT2D eigenvalue weighted by molar-refractivity contribution is 0.997. The molecule has 0 spiro atoms. The first-order chi connectivity index (χ1) is 20.2. The molecule has 0 radical (unpaired) electrons. The normalized spacial score (nSPS) is 14.5. The van der Waals surface area contributed by atoms with Crippen molar-refractivity contribution in [1.82, 2.24) is 34.3 Å². The number of anilines is 2. The van der Waals surface area contributed by atoms with E-state index in [4.69, 9.17) is 5.73 Å². The highest BCUT2D eigenvalue weighted by Crippen LogP contribution is 2.39. The largest absolute Gasteiger partial charge is 0.385 e. The lowest BCUT2D eigenvalue weighted by Crippen LogP contribution is -2.19. The second kappa shape index (κ2) is 10.6. The quantitative estimate of drug-likeness (QED) is 0.277. The molecule has 1 saturated carbocycles. The Morgan fingerprint density at radius 2 is 1.80 bits per heavy atom. The van der Waals surface area contributed by atoms with Gasteiger partial charge in [-0.2, -0.15) is 0 Å². The van der Waals surface area contributed by atoms with Gasteiger partial charge in [-0.1, -0.05) is 36.4 Å². The van der Waals surface area contributed by atoms with E-state index < -0.39 is 0 Å². The SMILES string of the molecule is C1=CN(c2cccc(-c3nncn3-c3ccccn3)c2)CC=C1n1cnc(C2CC2)c1.Nc1cc2ccccc2[nH]1. The van der Waals surface area contributed by atoms with E-state index in [1.165, 1.54) is 23.9 Å². The van der Waals surface area contributed by atoms with Crippen molar-refractivity contribution in [2.24, 2.45) is 0 Å². The van der Waals surface area contributed by atoms with E-state index in [2.05, 4.69) is 71.3 Å². The van der Waals surface area contributed by atoms with Crippen LogP contribution in [0.5, 0.6) is 0 Å². The lowest BCUT2D eigenvalue weighted by atomic mass is 10.1. The van der Waals surface area contributed by atoms with Crippen LogP contribution in [-0.4, -0.2) is 40.8 Å². The first-order valence-corrected chi connectivity index (χ1v) is 13.7. The second-order valence-corrected chi connectivity index (χ2v) is 10.2. The predicted molar refractivity (Wildman–Crippen MR) is 162 cm³/mol. The zero-order valence-electron chi connectivity index (χ0n) is 22.4. The summed E-state index contributed by atoms with van der Waals surface area (Å²) in [6.07, 6.45) is 16.6. The van der Waals surface area contributed by atoms with Crippen molar-refractivity contribution in [2.75, 3.05) is 17.2 Å². The highest BCUT2D eigenvalue weighted by molar-refractivity contribution is 5.83. The molecule has 9 nitrogen and oxygen atoms in total. The van der Waals surface area contributed by atoms with Gasteiger partial charge in [0.15, 0.2) is 5.82 Å². The fraction of sp³-hybridized carbons (Fsp3) is 0.125. The molecule has 0 unspecified atom stereocenters. The number of nitrogens with zero attached hydrogens (tertiary/aromatic N) is 7. The molecule has 5 heterocycles. The third kappa shape index (κ3) is 5.25. The van der Waals surface area contributed by atoms with Crippen molar-refractivity contribution in [2.45, 2.75) is 18.8 Å². The van der Waals surface area contributed by atoms with E-state index in [0.29, 0.717) is 5.92 Å². The van der Waals surface area contributed by atoms with Gasteiger partial charge in [-0.25, -0.2) is 9.97 Å². The van der Waals surface area contributed by atoms with Crippen LogP contribution in [0.25, 0.3) is 33.8 Å². The molecule has 1 aliphatic carbocycles. The molecule has 3 N–H and O–H groups in total. The molecule has 9 heteroatoms. The van der Waals surface area contributed by atoms with Crippen LogP contribution in [-0.2, 0) is 0 Å². The Bertz CT molecular complexity index is 1820. The number of rotatable bonds is 5. The maximum atomic E-state index is 5.54. The summed E-state index contributed by atoms with van der Waals surface area (Å²) in [6, 6.07) is 24.1. The van der Waals surface area contributed by atoms with E-state index in [0.717, 1.165) is 46.5 Å². The molecule has 8 rings (SSSR count). The van der Waals surface area contributed by atoms with Crippen molar-refractivity contribution in [3.05, 3.63) is 122 Å². The van der Waals surface area contributed by atoms with Gasteiger partial charge >= 0.3 is 0 Å². The Balaban J connectivity index is 0.000000232. The summed E-state index contributed by atoms with van der Waals surface area (Å²) in [7, 11) is 0. The van der Waals surface area contributed by atoms with E-state index in [9.17, 15) is 0 Å². The third-order valence-corrected chi connectivity index (χ3v) is 7.25. The Hall–Kier alpha value is -5.44. The molecule has 1 fully saturated rings. The summed E-state index contributed by atoms with van der Waals surface area (Å²) in [6.45, 7) is 0.791. The van der Waals surface area contributed by atoms with E-state index in [1.54, 1.807) is 12.5 Å². The fourth-order valence-corrected chi connectivity index (χ4v) is 4.95. The van der Waals surface area contributed by atoms with Gasteiger partial charge in [-0.05, 0) is 61.4 Å². The number of nitrogens with one attached hydrogen (secondary N) is 1. The smallest absolute Gasteiger partial charge is 0.169 e. The average Bonchev–Trinajstić information content (AvgIpc) is 3.39. The molecule has 4 aromatic heterocycles. The second-order valence-electron chi connectivity index (χ2n) is 10.2. The average molecular weight is 540 g/mol. The van der Waals surface area contributed by atoms with Crippen LogP contribution in [0.1, 0.15) is 24.5 Å². The first-order valence-electron chi connectivity index (χ1n) is 13.7. The predicted octanol–water partition coefficient (Wildman–Crippen LogP) is 6.03. The minimum atomic E-state index is 0.668. The zero-order chi connectivity index (χ0) is 27.6. The van der Waals surface area contributed by atoms with Crippen LogP contribution >= 0.6 is 0 Å². The topological polar surface area (TPSA) is 106 Å². The number of nitrogen functional groups attached to an aromatic ring is 1. The molecular weight excluding hydrogens is 510 g/mol. The highest BCUT2D eigenvalue weighted by Gasteiger charge is 2.26. The monoisotopic (exact) mass is 539 g/mol. The minimum Gasteiger partial charge on any atom is -0.385 e. The number of aromatic amines is 1. The van der Waals surface area contributed by atoms with Crippen LogP contribution in [0.4, 0.5) is 11.5 Å². The molecule has 0 bridgehead atoms. The van der Waals surface area contributed by atoms with Gasteiger partial charge in [0.05, 0.1) is 12.0 Å². The zero-order valence-corrected chi connectivity index (χ0v) is 22.4. The van der Waals surface area contributed by atoms with Gasteiger partial charge < -0.3 is 20.2 Å². The number of para-hydroxylation sites is 1. The number of fused-ring (bicyclic) bond motifs is 1. The molecule has 41 heavy (non-hydrogen) atoms. The van der Waals surface area contributed by atoms with Gasteiger partial charge in [0.1, 0.15) is 18.0 Å². The molecule has 0 saturated heterocycles. The molecule has 6 aromatic rings. The van der Waals surface area contributed by atoms with Gasteiger partial charge in [0.25, 0.3) is 0 Å². The van der Waals surface area contributed by atoms with Gasteiger partial charge in [0.2, 0.25) is 0 Å². The van der Waals surface area contributed by atoms with Crippen molar-refractivity contribution in [3.63, 3.8) is 0 Å². The Labute approximate surface area is 237 Å². The Morgan fingerprint density at radius 1 is 0.902 bits per heavy atom. The van der Waals surface area contributed by atoms with Gasteiger partial charge in [-0.15, -0.1) is 10.2 Å². The summed E-state index contributed by atoms with van der Waals surface area (Å²) in [5.41, 5.74) is 11.1. The number of hydrogen-bond donors (Lipinski definition) is 2. The molecule has 2 aliphatic rings. The minimum absolute atomic E-state index is 0.668. The van der Waals surface area contributed by atoms with Crippen molar-refractivity contribution in [1.29, 1.82) is 0 Å². The summed E-state index contributed by atoms with van der Waals surface area (Å²) >= 11 is 0. The molecule has 2 aromatic carbocycles. The van der Waals surface area contributed by atoms with Crippen molar-refractivity contribution < 1.29 is 0 Å². The summed E-state index contributed by atoms with van der Waals surface area (Å²) < 4.78 is 4.02. The lowest BCUT2D eigenvalue weighted by Gasteiger charge is -2.23. The number of hydrogen-bond acceptors (Lipinski definition) is 6. The number of imidazole rings is 1. The number of H-pyrrole nitrogens is 1. The van der Waals surface area contributed by atoms with Crippen LogP contribution in [0, 0.1) is 0 Å². The summed E-state index contributed by atoms with van der Waals surface area (Å²) in [5.74, 6) is 2.95. The molecule has 0 atom stereocenters. The summed E-state index contributed by atoms with van der Waals surface area (Å²) in [4.78, 5) is 14.2. The number of benzene rings is 2. The number of nitrogens with two attached hydrogens (primary N) is 1. The molecule has 1 aliphatic heterocycles. The van der Waals surface area contributed by atoms with E-state index in [-0.39, 0.29) is 0 Å². The number of allylic oxidation sites excluding steroid dienone is 2. The maximum Gasteiger partial charge on any atom is 0.169 e. The molecule has 0 amide bonds. The van der Waals surface area contributed by atoms with Crippen LogP contribution in [0.2, 0.25) is 0 Å². The third-order valence-electron chi connectivity index (χ3n) is 7.25. The highest BCUT2D eigenvalue weighted by atomic mass is 15.3. The number of aromatic nitrogens is 7. The van der Waals surface area contributed by atoms with Gasteiger partial charge in [0, 0.05) is 58.9 Å². The first kappa shape index (κ1) is 24.6.